The van der Waals surface area contributed by atoms with E-state index in [4.69, 9.17) is 21.3 Å². The molecule has 3 aromatic carbocycles. The van der Waals surface area contributed by atoms with Crippen LogP contribution in [-0.4, -0.2) is 79.6 Å². The number of nitrogens with zero attached hydrogens (tertiary/aromatic N) is 6. The lowest BCUT2D eigenvalue weighted by molar-refractivity contribution is -0.135. The second kappa shape index (κ2) is 18.6. The maximum atomic E-state index is 12.5. The van der Waals surface area contributed by atoms with Gasteiger partial charge in [0.25, 0.3) is 10.1 Å². The molecule has 1 aromatic heterocycles. The van der Waals surface area contributed by atoms with Gasteiger partial charge in [0.1, 0.15) is 16.8 Å². The topological polar surface area (TPSA) is 293 Å². The van der Waals surface area contributed by atoms with E-state index in [1.54, 1.807) is 31.3 Å². The Morgan fingerprint density at radius 3 is 2.22 bits per heavy atom. The largest absolute Gasteiger partial charge is 0.507 e. The first-order valence-electron chi connectivity index (χ1n) is 14.3. The zero-order chi connectivity index (χ0) is 39.4. The lowest BCUT2D eigenvalue weighted by atomic mass is 10.2. The third-order valence-electron chi connectivity index (χ3n) is 6.09. The maximum absolute atomic E-state index is 12.5. The van der Waals surface area contributed by atoms with Gasteiger partial charge in [-0.3, -0.25) is 14.0 Å². The van der Waals surface area contributed by atoms with E-state index in [9.17, 15) is 29.8 Å². The fourth-order valence-corrected chi connectivity index (χ4v) is 6.45. The highest BCUT2D eigenvalue weighted by atomic mass is 35.5. The van der Waals surface area contributed by atoms with E-state index in [0.717, 1.165) is 23.9 Å². The quantitative estimate of drug-likeness (QED) is 0.0106. The van der Waals surface area contributed by atoms with Crippen molar-refractivity contribution in [3.05, 3.63) is 77.9 Å². The fraction of sp³-hybridized carbons (Fsp3) is 0.103. The molecular formula is C29H24ClN9O11S4. The summed E-state index contributed by atoms with van der Waals surface area (Å²) in [4.78, 5) is 20.1. The van der Waals surface area contributed by atoms with Gasteiger partial charge in [-0.25, -0.2) is 8.42 Å². The van der Waals surface area contributed by atoms with Gasteiger partial charge in [0.05, 0.1) is 27.7 Å². The summed E-state index contributed by atoms with van der Waals surface area (Å²) in [7, 11) is -11.7. The average Bonchev–Trinajstić information content (AvgIpc) is 3.10. The Labute approximate surface area is 316 Å². The minimum atomic E-state index is -4.92. The molecule has 0 unspecified atom stereocenters. The van der Waals surface area contributed by atoms with Crippen molar-refractivity contribution in [2.75, 3.05) is 30.0 Å². The Balaban J connectivity index is 1.65. The minimum Gasteiger partial charge on any atom is -0.507 e. The molecule has 54 heavy (non-hydrogen) atoms. The van der Waals surface area contributed by atoms with Crippen LogP contribution in [0.5, 0.6) is 0 Å². The molecule has 20 nitrogen and oxygen atoms in total. The molecule has 0 fully saturated rings. The molecular weight excluding hydrogens is 814 g/mol. The van der Waals surface area contributed by atoms with Gasteiger partial charge >= 0.3 is 10.4 Å². The Morgan fingerprint density at radius 2 is 1.59 bits per heavy atom. The van der Waals surface area contributed by atoms with E-state index in [2.05, 4.69) is 72.2 Å². The van der Waals surface area contributed by atoms with Gasteiger partial charge in [-0.2, -0.15) is 41.9 Å². The zero-order valence-electron chi connectivity index (χ0n) is 27.1. The second-order valence-corrected chi connectivity index (χ2v) is 15.5. The van der Waals surface area contributed by atoms with Crippen LogP contribution in [0, 0.1) is 11.4 Å². The Morgan fingerprint density at radius 1 is 0.907 bits per heavy atom. The molecule has 0 saturated heterocycles. The van der Waals surface area contributed by atoms with Crippen LogP contribution in [0.4, 0.5) is 40.3 Å². The summed E-state index contributed by atoms with van der Waals surface area (Å²) in [5.41, 5.74) is 2.19. The van der Waals surface area contributed by atoms with Gasteiger partial charge in [-0.1, -0.05) is 0 Å². The summed E-state index contributed by atoms with van der Waals surface area (Å²) in [6.45, 7) is 0.245. The van der Waals surface area contributed by atoms with Gasteiger partial charge in [0, 0.05) is 28.2 Å². The van der Waals surface area contributed by atoms with Crippen molar-refractivity contribution in [3.63, 3.8) is 0 Å². The number of hydrogen-bond acceptors (Lipinski definition) is 19. The molecule has 0 radical (unpaired) electrons. The number of benzene rings is 3. The van der Waals surface area contributed by atoms with Gasteiger partial charge in [0.2, 0.25) is 17.2 Å². The van der Waals surface area contributed by atoms with E-state index in [0.29, 0.717) is 16.8 Å². The number of azo groups is 1. The van der Waals surface area contributed by atoms with E-state index in [1.807, 2.05) is 6.11 Å². The van der Waals surface area contributed by atoms with Crippen molar-refractivity contribution in [1.82, 2.24) is 20.3 Å². The van der Waals surface area contributed by atoms with Crippen molar-refractivity contribution < 1.29 is 48.7 Å². The number of rotatable bonds is 15. The van der Waals surface area contributed by atoms with Crippen LogP contribution >= 0.6 is 23.4 Å². The summed E-state index contributed by atoms with van der Waals surface area (Å²) in [6, 6.07) is 14.0. The number of halogens is 1. The molecule has 0 aliphatic carbocycles. The first kappa shape index (κ1) is 41.3. The van der Waals surface area contributed by atoms with Crippen molar-refractivity contribution in [1.29, 1.82) is 0 Å². The molecule has 25 heteroatoms. The summed E-state index contributed by atoms with van der Waals surface area (Å²) < 4.78 is 92.6. The second-order valence-electron chi connectivity index (χ2n) is 9.84. The average molecular weight is 838 g/mol. The monoisotopic (exact) mass is 837 g/mol. The van der Waals surface area contributed by atoms with E-state index < -0.39 is 35.2 Å². The number of aromatic nitrogens is 3. The predicted molar refractivity (Wildman–Crippen MR) is 196 cm³/mol. The summed E-state index contributed by atoms with van der Waals surface area (Å²) >= 11 is 7.11. The molecule has 4 rings (SSSR count). The van der Waals surface area contributed by atoms with Gasteiger partial charge in [-0.05, 0) is 101 Å². The van der Waals surface area contributed by atoms with Crippen molar-refractivity contribution in [2.24, 2.45) is 15.2 Å². The predicted octanol–water partition coefficient (Wildman–Crippen LogP) is 4.96. The Bertz CT molecular complexity index is 2540. The molecule has 6 N–H and O–H groups in total. The number of thioether (sulfide) groups is 1. The molecule has 0 saturated carbocycles. The van der Waals surface area contributed by atoms with Crippen LogP contribution in [-0.2, 0) is 39.6 Å². The Hall–Kier alpha value is -5.41. The van der Waals surface area contributed by atoms with E-state index in [1.165, 1.54) is 24.3 Å². The third kappa shape index (κ3) is 12.9. The highest BCUT2D eigenvalue weighted by molar-refractivity contribution is 8.04. The van der Waals surface area contributed by atoms with Gasteiger partial charge in [-0.15, -0.1) is 5.11 Å². The summed E-state index contributed by atoms with van der Waals surface area (Å²) in [5.74, 6) is 1.81. The molecule has 1 heterocycles. The lowest BCUT2D eigenvalue weighted by Gasteiger charge is -2.12. The third-order valence-corrected chi connectivity index (χ3v) is 9.80. The molecule has 0 amide bonds. The number of aliphatic hydroxyl groups is 1. The van der Waals surface area contributed by atoms with Crippen LogP contribution in [0.25, 0.3) is 0 Å². The normalized spacial score (nSPS) is 11.5. The SMILES string of the molecule is CNCCS(=O)(=O)c1ccc(N=Nc2cc(S(=O)(=O)O)c(N=C=C=CO)cc2Nc2nc(Cl)nc(Nc3ccc(SC#COOS(=O)(=O)O)cc3)n2)cc1. The van der Waals surface area contributed by atoms with Crippen LogP contribution in [0.15, 0.2) is 103 Å². The minimum absolute atomic E-state index is 0.0207. The number of anilines is 4. The van der Waals surface area contributed by atoms with Gasteiger partial charge in [0.15, 0.2) is 15.9 Å². The van der Waals surface area contributed by atoms with Crippen LogP contribution in [0.1, 0.15) is 0 Å². The maximum Gasteiger partial charge on any atom is 0.433 e. The van der Waals surface area contributed by atoms with Crippen LogP contribution in [0.3, 0.4) is 0 Å². The highest BCUT2D eigenvalue weighted by Gasteiger charge is 2.21. The Kier molecular flexibility index (Phi) is 14.2. The van der Waals surface area contributed by atoms with Crippen molar-refractivity contribution in [2.45, 2.75) is 14.7 Å². The van der Waals surface area contributed by atoms with E-state index >= 15 is 0 Å². The zero-order valence-corrected chi connectivity index (χ0v) is 31.1. The number of nitrogens with one attached hydrogen (secondary N) is 3. The number of sulfone groups is 1. The van der Waals surface area contributed by atoms with Crippen molar-refractivity contribution in [3.8, 4) is 11.4 Å². The van der Waals surface area contributed by atoms with Crippen LogP contribution < -0.4 is 16.0 Å². The standard InChI is InChI=1S/C29H24ClN9O11S4/c1-31-12-16-52(41,42)22-9-5-20(6-10-22)38-39-24-18-26(53(43,44)45)25(32-11-2-13-40)17-23(24)34-29-36-27(30)35-28(37-29)33-19-3-7-21(8-4-19)51-15-14-49-50-54(46,47)48/h3-10,13,17-18,31,40H,12,16H2,1H3,(H,43,44,45)(H,46,47,48)(H2,33,34,35,36,37). The number of hydrogen-bond donors (Lipinski definition) is 6. The lowest BCUT2D eigenvalue weighted by Crippen LogP contribution is -2.19. The smallest absolute Gasteiger partial charge is 0.433 e. The molecule has 0 bridgehead atoms. The van der Waals surface area contributed by atoms with E-state index in [-0.39, 0.29) is 57.1 Å². The molecule has 4 aromatic rings. The van der Waals surface area contributed by atoms with Gasteiger partial charge < -0.3 is 21.1 Å². The highest BCUT2D eigenvalue weighted by Crippen LogP contribution is 2.38. The molecule has 282 valence electrons. The molecule has 0 aliphatic rings. The first-order chi connectivity index (χ1) is 25.6. The summed E-state index contributed by atoms with van der Waals surface area (Å²) in [6.07, 6.45) is 2.39. The fourth-order valence-electron chi connectivity index (χ4n) is 3.82. The van der Waals surface area contributed by atoms with Crippen LogP contribution in [0.2, 0.25) is 5.28 Å². The summed E-state index contributed by atoms with van der Waals surface area (Å²) in [5, 5.41) is 27.7. The first-order valence-corrected chi connectivity index (χ1v) is 20.0. The molecule has 0 atom stereocenters. The molecule has 0 spiro atoms. The number of aliphatic hydroxyl groups excluding tert-OH is 1. The van der Waals surface area contributed by atoms with Crippen molar-refractivity contribution >= 4 is 99.9 Å². The molecule has 0 aliphatic heterocycles. The number of aliphatic imine (C=N–C) groups is 1.